The van der Waals surface area contributed by atoms with Crippen LogP contribution in [0.1, 0.15) is 122 Å². The highest BCUT2D eigenvalue weighted by Gasteiger charge is 2.09. The maximum atomic E-state index is 9.66. The van der Waals surface area contributed by atoms with Crippen LogP contribution in [0.25, 0.3) is 10.9 Å². The second-order valence-electron chi connectivity index (χ2n) is 9.70. The quantitative estimate of drug-likeness (QED) is 0.191. The Kier molecular flexibility index (Phi) is 15.9. The van der Waals surface area contributed by atoms with E-state index in [1.54, 1.807) is 0 Å². The third-order valence-corrected chi connectivity index (χ3v) is 6.71. The number of hydrogen-bond donors (Lipinski definition) is 1. The second kappa shape index (κ2) is 18.9. The van der Waals surface area contributed by atoms with Crippen molar-refractivity contribution in [2.45, 2.75) is 129 Å². The standard InChI is InChI=1S/C30H49NO2/c1-2-3-4-5-6-7-8-9-10-11-12-13-14-15-16-17-21-29(25-32)33-26-28-24-23-27-20-18-19-22-30(27)31-28/h18-20,22-24,29,32H,2-17,21,25-26H2,1H3/t29-/m0/s1. The fourth-order valence-electron chi connectivity index (χ4n) is 4.54. The minimum Gasteiger partial charge on any atom is -0.394 e. The van der Waals surface area contributed by atoms with E-state index in [9.17, 15) is 5.11 Å². The Labute approximate surface area is 203 Å². The number of hydrogen-bond acceptors (Lipinski definition) is 3. The number of para-hydroxylation sites is 1. The predicted molar refractivity (Wildman–Crippen MR) is 142 cm³/mol. The van der Waals surface area contributed by atoms with E-state index in [-0.39, 0.29) is 12.7 Å². The number of benzene rings is 1. The Hall–Kier alpha value is -1.45. The Morgan fingerprint density at radius 3 is 1.82 bits per heavy atom. The van der Waals surface area contributed by atoms with Gasteiger partial charge in [-0.25, -0.2) is 0 Å². The lowest BCUT2D eigenvalue weighted by molar-refractivity contribution is -0.00471. The number of nitrogens with zero attached hydrogens (tertiary/aromatic N) is 1. The molecule has 1 atom stereocenters. The van der Waals surface area contributed by atoms with E-state index >= 15 is 0 Å². The van der Waals surface area contributed by atoms with Gasteiger partial charge in [-0.15, -0.1) is 0 Å². The summed E-state index contributed by atoms with van der Waals surface area (Å²) in [6, 6.07) is 12.2. The van der Waals surface area contributed by atoms with E-state index in [0.29, 0.717) is 6.61 Å². The van der Waals surface area contributed by atoms with Gasteiger partial charge >= 0.3 is 0 Å². The molecule has 1 aromatic carbocycles. The zero-order valence-electron chi connectivity index (χ0n) is 21.3. The minimum absolute atomic E-state index is 0.0788. The van der Waals surface area contributed by atoms with Gasteiger partial charge in [0.05, 0.1) is 30.5 Å². The van der Waals surface area contributed by atoms with Crippen molar-refractivity contribution in [2.24, 2.45) is 0 Å². The van der Waals surface area contributed by atoms with Gasteiger partial charge in [-0.2, -0.15) is 0 Å². The number of ether oxygens (including phenoxy) is 1. The molecule has 0 radical (unpaired) electrons. The van der Waals surface area contributed by atoms with Gasteiger partial charge < -0.3 is 9.84 Å². The van der Waals surface area contributed by atoms with E-state index < -0.39 is 0 Å². The first kappa shape index (κ1) is 27.8. The van der Waals surface area contributed by atoms with Crippen molar-refractivity contribution in [1.29, 1.82) is 0 Å². The SMILES string of the molecule is CCCCCCCCCCCCCCCCCC[C@@H](CO)OCc1ccc2ccccc2n1. The van der Waals surface area contributed by atoms with Gasteiger partial charge in [-0.1, -0.05) is 134 Å². The zero-order valence-corrected chi connectivity index (χ0v) is 21.3. The number of aliphatic hydroxyl groups excluding tert-OH is 1. The largest absolute Gasteiger partial charge is 0.394 e. The van der Waals surface area contributed by atoms with Crippen LogP contribution in [0.5, 0.6) is 0 Å². The highest BCUT2D eigenvalue weighted by atomic mass is 16.5. The van der Waals surface area contributed by atoms with Crippen LogP contribution in [0, 0.1) is 0 Å². The molecule has 0 aliphatic rings. The molecule has 3 heteroatoms. The Bertz CT molecular complexity index is 717. The third-order valence-electron chi connectivity index (χ3n) is 6.71. The summed E-state index contributed by atoms with van der Waals surface area (Å²) >= 11 is 0. The maximum Gasteiger partial charge on any atom is 0.0893 e. The van der Waals surface area contributed by atoms with E-state index in [4.69, 9.17) is 4.74 Å². The molecule has 1 N–H and O–H groups in total. The summed E-state index contributed by atoms with van der Waals surface area (Å²) in [4.78, 5) is 4.65. The van der Waals surface area contributed by atoms with Gasteiger partial charge in [-0.05, 0) is 18.6 Å². The van der Waals surface area contributed by atoms with Gasteiger partial charge in [0.15, 0.2) is 0 Å². The van der Waals surface area contributed by atoms with E-state index in [0.717, 1.165) is 29.4 Å². The summed E-state index contributed by atoms with van der Waals surface area (Å²) < 4.78 is 5.94. The van der Waals surface area contributed by atoms with Crippen molar-refractivity contribution in [3.8, 4) is 0 Å². The average molecular weight is 456 g/mol. The molecule has 186 valence electrons. The molecular formula is C30H49NO2. The van der Waals surface area contributed by atoms with E-state index in [1.807, 2.05) is 24.3 Å². The van der Waals surface area contributed by atoms with Crippen LogP contribution in [0.4, 0.5) is 0 Å². The van der Waals surface area contributed by atoms with Crippen LogP contribution in [0.15, 0.2) is 36.4 Å². The molecule has 0 amide bonds. The highest BCUT2D eigenvalue weighted by Crippen LogP contribution is 2.16. The molecule has 0 saturated heterocycles. The molecule has 33 heavy (non-hydrogen) atoms. The molecule has 0 saturated carbocycles. The number of unbranched alkanes of at least 4 members (excludes halogenated alkanes) is 15. The molecule has 0 fully saturated rings. The van der Waals surface area contributed by atoms with Crippen LogP contribution in [-0.2, 0) is 11.3 Å². The van der Waals surface area contributed by atoms with Crippen molar-refractivity contribution < 1.29 is 9.84 Å². The van der Waals surface area contributed by atoms with Crippen molar-refractivity contribution in [1.82, 2.24) is 4.98 Å². The first-order valence-corrected chi connectivity index (χ1v) is 13.9. The van der Waals surface area contributed by atoms with Gasteiger partial charge in [0, 0.05) is 5.39 Å². The van der Waals surface area contributed by atoms with Gasteiger partial charge in [-0.3, -0.25) is 4.98 Å². The molecule has 0 aliphatic heterocycles. The Balaban J connectivity index is 1.39. The molecule has 1 aromatic heterocycles. The van der Waals surface area contributed by atoms with Crippen LogP contribution in [0.3, 0.4) is 0 Å². The molecule has 0 aliphatic carbocycles. The highest BCUT2D eigenvalue weighted by molar-refractivity contribution is 5.78. The van der Waals surface area contributed by atoms with Crippen LogP contribution >= 0.6 is 0 Å². The lowest BCUT2D eigenvalue weighted by Crippen LogP contribution is -2.17. The van der Waals surface area contributed by atoms with Gasteiger partial charge in [0.25, 0.3) is 0 Å². The summed E-state index contributed by atoms with van der Waals surface area (Å²) in [6.07, 6.45) is 22.9. The number of aromatic nitrogens is 1. The summed E-state index contributed by atoms with van der Waals surface area (Å²) in [5, 5.41) is 10.8. The molecule has 2 aromatic rings. The maximum absolute atomic E-state index is 9.66. The summed E-state index contributed by atoms with van der Waals surface area (Å²) in [5.74, 6) is 0. The van der Waals surface area contributed by atoms with Crippen molar-refractivity contribution in [3.63, 3.8) is 0 Å². The summed E-state index contributed by atoms with van der Waals surface area (Å²) in [5.41, 5.74) is 1.93. The molecule has 0 unspecified atom stereocenters. The molecule has 0 bridgehead atoms. The smallest absolute Gasteiger partial charge is 0.0893 e. The van der Waals surface area contributed by atoms with Crippen molar-refractivity contribution in [2.75, 3.05) is 6.61 Å². The minimum atomic E-state index is -0.0788. The number of pyridine rings is 1. The van der Waals surface area contributed by atoms with Crippen LogP contribution in [-0.4, -0.2) is 22.8 Å². The van der Waals surface area contributed by atoms with Crippen molar-refractivity contribution >= 4 is 10.9 Å². The fraction of sp³-hybridized carbons (Fsp3) is 0.700. The molecular weight excluding hydrogens is 406 g/mol. The average Bonchev–Trinajstić information content (AvgIpc) is 2.85. The second-order valence-corrected chi connectivity index (χ2v) is 9.70. The Morgan fingerprint density at radius 1 is 0.697 bits per heavy atom. The van der Waals surface area contributed by atoms with E-state index in [2.05, 4.69) is 24.0 Å². The zero-order chi connectivity index (χ0) is 23.4. The molecule has 2 rings (SSSR count). The number of aliphatic hydroxyl groups is 1. The number of rotatable bonds is 21. The summed E-state index contributed by atoms with van der Waals surface area (Å²) in [7, 11) is 0. The first-order valence-electron chi connectivity index (χ1n) is 13.9. The summed E-state index contributed by atoms with van der Waals surface area (Å²) in [6.45, 7) is 2.84. The monoisotopic (exact) mass is 455 g/mol. The van der Waals surface area contributed by atoms with Crippen LogP contribution in [0.2, 0.25) is 0 Å². The van der Waals surface area contributed by atoms with Crippen LogP contribution < -0.4 is 0 Å². The number of fused-ring (bicyclic) bond motifs is 1. The topological polar surface area (TPSA) is 42.4 Å². The molecule has 3 nitrogen and oxygen atoms in total. The molecule has 1 heterocycles. The third kappa shape index (κ3) is 13.1. The lowest BCUT2D eigenvalue weighted by atomic mass is 10.0. The normalized spacial score (nSPS) is 12.4. The van der Waals surface area contributed by atoms with Gasteiger partial charge in [0.2, 0.25) is 0 Å². The molecule has 0 spiro atoms. The van der Waals surface area contributed by atoms with E-state index in [1.165, 1.54) is 96.3 Å². The van der Waals surface area contributed by atoms with Crippen molar-refractivity contribution in [3.05, 3.63) is 42.1 Å². The Morgan fingerprint density at radius 2 is 1.24 bits per heavy atom. The fourth-order valence-corrected chi connectivity index (χ4v) is 4.54. The predicted octanol–water partition coefficient (Wildman–Crippen LogP) is 8.76. The first-order chi connectivity index (χ1) is 16.3. The lowest BCUT2D eigenvalue weighted by Gasteiger charge is -2.15. The van der Waals surface area contributed by atoms with Gasteiger partial charge in [0.1, 0.15) is 0 Å².